The summed E-state index contributed by atoms with van der Waals surface area (Å²) in [6.45, 7) is 0. The number of carbonyl (C=O) groups excluding carboxylic acids is 2. The van der Waals surface area contributed by atoms with Gasteiger partial charge in [-0.1, -0.05) is 0 Å². The zero-order valence-corrected chi connectivity index (χ0v) is 8.74. The Morgan fingerprint density at radius 2 is 1.94 bits per heavy atom. The molecule has 0 saturated heterocycles. The van der Waals surface area contributed by atoms with E-state index in [0.717, 1.165) is 0 Å². The molecule has 1 aliphatic carbocycles. The second-order valence-electron chi connectivity index (χ2n) is 4.03. The Morgan fingerprint density at radius 1 is 1.41 bits per heavy atom. The van der Waals surface area contributed by atoms with Gasteiger partial charge in [-0.05, 0) is 6.42 Å². The molecule has 1 fully saturated rings. The van der Waals surface area contributed by atoms with Crippen LogP contribution in [-0.4, -0.2) is 55.9 Å². The van der Waals surface area contributed by atoms with Crippen molar-refractivity contribution in [3.63, 3.8) is 0 Å². The molecule has 1 saturated carbocycles. The van der Waals surface area contributed by atoms with Crippen LogP contribution in [0.4, 0.5) is 0 Å². The first-order valence-corrected chi connectivity index (χ1v) is 4.86. The van der Waals surface area contributed by atoms with Crippen LogP contribution < -0.4 is 5.73 Å². The molecule has 0 aromatic rings. The molecule has 3 unspecified atom stereocenters. The lowest BCUT2D eigenvalue weighted by Crippen LogP contribution is -2.61. The van der Waals surface area contributed by atoms with Crippen molar-refractivity contribution in [2.45, 2.75) is 30.8 Å². The molecule has 8 nitrogen and oxygen atoms in total. The summed E-state index contributed by atoms with van der Waals surface area (Å²) in [6.07, 6.45) is -2.04. The summed E-state index contributed by atoms with van der Waals surface area (Å²) < 4.78 is 0. The maximum Gasteiger partial charge on any atom is 0.326 e. The van der Waals surface area contributed by atoms with Gasteiger partial charge in [0.05, 0.1) is 12.0 Å². The Bertz CT molecular complexity index is 364. The number of carboxylic acid groups (broad SMARTS) is 1. The van der Waals surface area contributed by atoms with Gasteiger partial charge in [-0.3, -0.25) is 14.4 Å². The van der Waals surface area contributed by atoms with Crippen molar-refractivity contribution in [3.8, 4) is 0 Å². The Balaban J connectivity index is 3.00. The Hall–Kier alpha value is -1.35. The van der Waals surface area contributed by atoms with Gasteiger partial charge in [0.25, 0.3) is 0 Å². The molecule has 0 radical (unpaired) electrons. The standard InChI is InChI=1S/C9H13NO7/c10-7(8(14)15)9(16,17)4-1-3(11)2-5(12)6(4)13/h3-4,7,11,16-17H,1-2,10H2,(H,14,15). The number of hydrogen-bond donors (Lipinski definition) is 5. The zero-order chi connectivity index (χ0) is 13.4. The van der Waals surface area contributed by atoms with Gasteiger partial charge in [0, 0.05) is 6.42 Å². The lowest BCUT2D eigenvalue weighted by atomic mass is 9.77. The summed E-state index contributed by atoms with van der Waals surface area (Å²) in [4.78, 5) is 33.1. The molecule has 96 valence electrons. The number of hydrogen-bond acceptors (Lipinski definition) is 7. The van der Waals surface area contributed by atoms with E-state index >= 15 is 0 Å². The molecular weight excluding hydrogens is 234 g/mol. The Kier molecular flexibility index (Phi) is 3.62. The number of Topliss-reactive ketones (excluding diaryl/α,β-unsaturated/α-hetero) is 2. The number of carboxylic acids is 1. The second-order valence-corrected chi connectivity index (χ2v) is 4.03. The second kappa shape index (κ2) is 4.49. The summed E-state index contributed by atoms with van der Waals surface area (Å²) in [5.41, 5.74) is 5.03. The van der Waals surface area contributed by atoms with E-state index in [9.17, 15) is 29.7 Å². The molecule has 0 spiro atoms. The highest BCUT2D eigenvalue weighted by molar-refractivity contribution is 6.38. The summed E-state index contributed by atoms with van der Waals surface area (Å²) in [7, 11) is 0. The summed E-state index contributed by atoms with van der Waals surface area (Å²) in [5, 5.41) is 36.9. The van der Waals surface area contributed by atoms with Crippen LogP contribution in [0.2, 0.25) is 0 Å². The van der Waals surface area contributed by atoms with E-state index in [1.165, 1.54) is 0 Å². The molecule has 0 heterocycles. The summed E-state index contributed by atoms with van der Waals surface area (Å²) in [5.74, 6) is -8.63. The first kappa shape index (κ1) is 13.7. The number of carbonyl (C=O) groups is 3. The molecule has 6 N–H and O–H groups in total. The number of nitrogens with two attached hydrogens (primary N) is 1. The smallest absolute Gasteiger partial charge is 0.326 e. The van der Waals surface area contributed by atoms with Crippen molar-refractivity contribution < 1.29 is 34.8 Å². The van der Waals surface area contributed by atoms with Gasteiger partial charge >= 0.3 is 5.97 Å². The molecule has 0 aliphatic heterocycles. The minimum absolute atomic E-state index is 0.409. The maximum atomic E-state index is 11.4. The average molecular weight is 247 g/mol. The minimum Gasteiger partial charge on any atom is -0.480 e. The van der Waals surface area contributed by atoms with Crippen molar-refractivity contribution in [1.82, 2.24) is 0 Å². The van der Waals surface area contributed by atoms with Gasteiger partial charge in [-0.15, -0.1) is 0 Å². The highest BCUT2D eigenvalue weighted by atomic mass is 16.5. The largest absolute Gasteiger partial charge is 0.480 e. The zero-order valence-electron chi connectivity index (χ0n) is 8.74. The van der Waals surface area contributed by atoms with Crippen LogP contribution in [0.25, 0.3) is 0 Å². The molecule has 0 amide bonds. The Labute approximate surface area is 95.7 Å². The van der Waals surface area contributed by atoms with Crippen molar-refractivity contribution in [2.75, 3.05) is 0 Å². The van der Waals surface area contributed by atoms with Crippen LogP contribution >= 0.6 is 0 Å². The number of rotatable bonds is 3. The third kappa shape index (κ3) is 2.50. The fourth-order valence-electron chi connectivity index (χ4n) is 1.74. The van der Waals surface area contributed by atoms with Gasteiger partial charge in [0.2, 0.25) is 11.6 Å². The summed E-state index contributed by atoms with van der Waals surface area (Å²) >= 11 is 0. The molecule has 1 aliphatic rings. The Morgan fingerprint density at radius 3 is 2.41 bits per heavy atom. The molecule has 1 rings (SSSR count). The normalized spacial score (nSPS) is 28.0. The molecule has 0 bridgehead atoms. The highest BCUT2D eigenvalue weighted by Gasteiger charge is 2.52. The van der Waals surface area contributed by atoms with Gasteiger partial charge in [0.15, 0.2) is 11.8 Å². The van der Waals surface area contributed by atoms with E-state index in [1.807, 2.05) is 0 Å². The van der Waals surface area contributed by atoms with Crippen molar-refractivity contribution in [2.24, 2.45) is 11.7 Å². The fraction of sp³-hybridized carbons (Fsp3) is 0.667. The van der Waals surface area contributed by atoms with E-state index in [-0.39, 0.29) is 0 Å². The van der Waals surface area contributed by atoms with Gasteiger partial charge in [-0.25, -0.2) is 0 Å². The highest BCUT2D eigenvalue weighted by Crippen LogP contribution is 2.29. The van der Waals surface area contributed by atoms with Crippen LogP contribution in [0.15, 0.2) is 0 Å². The van der Waals surface area contributed by atoms with E-state index in [1.54, 1.807) is 0 Å². The predicted molar refractivity (Wildman–Crippen MR) is 51.5 cm³/mol. The SMILES string of the molecule is NC(C(=O)O)C(O)(O)C1CC(O)CC(=O)C1=O. The van der Waals surface area contributed by atoms with Crippen molar-refractivity contribution in [1.29, 1.82) is 0 Å². The van der Waals surface area contributed by atoms with Crippen molar-refractivity contribution >= 4 is 17.5 Å². The summed E-state index contributed by atoms with van der Waals surface area (Å²) in [6, 6.07) is -2.14. The average Bonchev–Trinajstić information content (AvgIpc) is 2.21. The van der Waals surface area contributed by atoms with E-state index in [4.69, 9.17) is 10.8 Å². The fourth-order valence-corrected chi connectivity index (χ4v) is 1.74. The van der Waals surface area contributed by atoms with Gasteiger partial charge < -0.3 is 26.2 Å². The van der Waals surface area contributed by atoms with Crippen LogP contribution in [-0.2, 0) is 14.4 Å². The molecule has 8 heteroatoms. The third-order valence-electron chi connectivity index (χ3n) is 2.76. The van der Waals surface area contributed by atoms with Crippen molar-refractivity contribution in [3.05, 3.63) is 0 Å². The van der Waals surface area contributed by atoms with Gasteiger partial charge in [-0.2, -0.15) is 0 Å². The van der Waals surface area contributed by atoms with Crippen LogP contribution in [0.5, 0.6) is 0 Å². The third-order valence-corrected chi connectivity index (χ3v) is 2.76. The lowest BCUT2D eigenvalue weighted by molar-refractivity contribution is -0.223. The maximum absolute atomic E-state index is 11.4. The van der Waals surface area contributed by atoms with Gasteiger partial charge in [0.1, 0.15) is 0 Å². The molecular formula is C9H13NO7. The van der Waals surface area contributed by atoms with E-state index in [2.05, 4.69) is 0 Å². The number of aliphatic hydroxyl groups excluding tert-OH is 1. The first-order chi connectivity index (χ1) is 7.67. The number of ketones is 2. The minimum atomic E-state index is -3.07. The number of aliphatic hydroxyl groups is 3. The number of aliphatic carboxylic acids is 1. The van der Waals surface area contributed by atoms with E-state index < -0.39 is 54.2 Å². The molecule has 17 heavy (non-hydrogen) atoms. The van der Waals surface area contributed by atoms with Crippen LogP contribution in [0.3, 0.4) is 0 Å². The lowest BCUT2D eigenvalue weighted by Gasteiger charge is -2.35. The molecule has 0 aromatic carbocycles. The molecule has 3 atom stereocenters. The quantitative estimate of drug-likeness (QED) is 0.260. The molecule has 0 aromatic heterocycles. The topological polar surface area (TPSA) is 158 Å². The monoisotopic (exact) mass is 247 g/mol. The van der Waals surface area contributed by atoms with E-state index in [0.29, 0.717) is 0 Å². The van der Waals surface area contributed by atoms with Crippen LogP contribution in [0, 0.1) is 5.92 Å². The first-order valence-electron chi connectivity index (χ1n) is 4.86. The predicted octanol–water partition coefficient (Wildman–Crippen LogP) is -3.01. The van der Waals surface area contributed by atoms with Crippen LogP contribution in [0.1, 0.15) is 12.8 Å².